The molecule has 1 unspecified atom stereocenters. The predicted molar refractivity (Wildman–Crippen MR) is 75.9 cm³/mol. The van der Waals surface area contributed by atoms with Crippen LogP contribution in [0.15, 0.2) is 0 Å². The molecule has 4 nitrogen and oxygen atoms in total. The van der Waals surface area contributed by atoms with Crippen LogP contribution in [0.1, 0.15) is 45.4 Å². The molecule has 1 atom stereocenters. The minimum absolute atomic E-state index is 0.274. The number of aliphatic hydroxyl groups is 1. The molecule has 110 valence electrons. The van der Waals surface area contributed by atoms with Crippen LogP contribution in [0, 0.1) is 5.92 Å². The smallest absolute Gasteiger partial charge is 0.222 e. The summed E-state index contributed by atoms with van der Waals surface area (Å²) in [6, 6.07) is 0. The Morgan fingerprint density at radius 2 is 1.79 bits per heavy atom. The van der Waals surface area contributed by atoms with Crippen LogP contribution in [0.4, 0.5) is 0 Å². The van der Waals surface area contributed by atoms with Gasteiger partial charge in [-0.05, 0) is 25.7 Å². The van der Waals surface area contributed by atoms with E-state index in [0.29, 0.717) is 11.8 Å². The summed E-state index contributed by atoms with van der Waals surface area (Å²) in [5, 5.41) is 9.37. The molecule has 0 aromatic rings. The van der Waals surface area contributed by atoms with E-state index in [-0.39, 0.29) is 6.10 Å². The van der Waals surface area contributed by atoms with E-state index >= 15 is 0 Å². The second-order valence-electron chi connectivity index (χ2n) is 6.24. The van der Waals surface area contributed by atoms with E-state index in [4.69, 9.17) is 0 Å². The van der Waals surface area contributed by atoms with Crippen molar-refractivity contribution in [3.63, 3.8) is 0 Å². The molecule has 1 saturated heterocycles. The summed E-state index contributed by atoms with van der Waals surface area (Å²) in [6.45, 7) is 6.02. The molecule has 0 radical (unpaired) electrons. The summed E-state index contributed by atoms with van der Waals surface area (Å²) >= 11 is 0. The normalized spacial score (nSPS) is 24.4. The molecule has 1 saturated carbocycles. The van der Waals surface area contributed by atoms with Crippen LogP contribution in [-0.2, 0) is 4.79 Å². The Bertz CT molecular complexity index is 280. The minimum Gasteiger partial charge on any atom is -0.392 e. The molecule has 1 aliphatic carbocycles. The number of carbonyl (C=O) groups excluding carboxylic acids is 1. The maximum atomic E-state index is 12.3. The lowest BCUT2D eigenvalue weighted by Gasteiger charge is -2.36. The van der Waals surface area contributed by atoms with Gasteiger partial charge in [-0.15, -0.1) is 0 Å². The van der Waals surface area contributed by atoms with Crippen molar-refractivity contribution in [2.45, 2.75) is 51.6 Å². The van der Waals surface area contributed by atoms with Gasteiger partial charge in [0, 0.05) is 39.1 Å². The number of amides is 1. The van der Waals surface area contributed by atoms with E-state index in [1.807, 2.05) is 11.8 Å². The predicted octanol–water partition coefficient (Wildman–Crippen LogP) is 1.48. The third-order valence-electron chi connectivity index (χ3n) is 4.44. The Morgan fingerprint density at radius 3 is 2.37 bits per heavy atom. The summed E-state index contributed by atoms with van der Waals surface area (Å²) in [5.41, 5.74) is 0. The lowest BCUT2D eigenvalue weighted by atomic mass is 9.86. The minimum atomic E-state index is -0.274. The highest BCUT2D eigenvalue weighted by atomic mass is 16.3. The zero-order chi connectivity index (χ0) is 13.7. The van der Waals surface area contributed by atoms with E-state index in [1.165, 1.54) is 32.1 Å². The number of nitrogens with zero attached hydrogens (tertiary/aromatic N) is 2. The maximum Gasteiger partial charge on any atom is 0.222 e. The molecule has 0 spiro atoms. The van der Waals surface area contributed by atoms with Crippen molar-refractivity contribution in [2.24, 2.45) is 5.92 Å². The van der Waals surface area contributed by atoms with Crippen molar-refractivity contribution in [1.82, 2.24) is 9.80 Å². The van der Waals surface area contributed by atoms with Gasteiger partial charge in [-0.3, -0.25) is 9.69 Å². The zero-order valence-electron chi connectivity index (χ0n) is 12.2. The molecule has 1 amide bonds. The Balaban J connectivity index is 1.69. The number of piperazine rings is 1. The van der Waals surface area contributed by atoms with Crippen molar-refractivity contribution < 1.29 is 9.90 Å². The topological polar surface area (TPSA) is 43.8 Å². The van der Waals surface area contributed by atoms with E-state index in [2.05, 4.69) is 4.90 Å². The molecule has 2 fully saturated rings. The van der Waals surface area contributed by atoms with Gasteiger partial charge in [0.2, 0.25) is 5.91 Å². The summed E-state index contributed by atoms with van der Waals surface area (Å²) in [4.78, 5) is 16.5. The summed E-state index contributed by atoms with van der Waals surface area (Å²) < 4.78 is 0. The monoisotopic (exact) mass is 268 g/mol. The van der Waals surface area contributed by atoms with Gasteiger partial charge >= 0.3 is 0 Å². The van der Waals surface area contributed by atoms with Crippen LogP contribution >= 0.6 is 0 Å². The van der Waals surface area contributed by atoms with E-state index in [9.17, 15) is 9.90 Å². The fraction of sp³-hybridized carbons (Fsp3) is 0.933. The first-order valence-corrected chi connectivity index (χ1v) is 7.83. The van der Waals surface area contributed by atoms with Gasteiger partial charge in [-0.1, -0.05) is 19.3 Å². The van der Waals surface area contributed by atoms with E-state index < -0.39 is 0 Å². The number of carbonyl (C=O) groups is 1. The quantitative estimate of drug-likeness (QED) is 0.840. The van der Waals surface area contributed by atoms with Crippen molar-refractivity contribution >= 4 is 5.91 Å². The van der Waals surface area contributed by atoms with Crippen LogP contribution in [0.2, 0.25) is 0 Å². The van der Waals surface area contributed by atoms with Gasteiger partial charge < -0.3 is 10.0 Å². The highest BCUT2D eigenvalue weighted by Gasteiger charge is 2.24. The number of hydrogen-bond acceptors (Lipinski definition) is 3. The van der Waals surface area contributed by atoms with Crippen molar-refractivity contribution in [2.75, 3.05) is 32.7 Å². The third-order valence-corrected chi connectivity index (χ3v) is 4.44. The number of aliphatic hydroxyl groups excluding tert-OH is 1. The molecule has 0 bridgehead atoms. The summed E-state index contributed by atoms with van der Waals surface area (Å²) in [5.74, 6) is 0.986. The first-order chi connectivity index (χ1) is 9.15. The molecule has 1 N–H and O–H groups in total. The molecule has 1 aliphatic heterocycles. The first-order valence-electron chi connectivity index (χ1n) is 7.83. The van der Waals surface area contributed by atoms with Gasteiger partial charge in [-0.2, -0.15) is 0 Å². The highest BCUT2D eigenvalue weighted by Crippen LogP contribution is 2.26. The second-order valence-corrected chi connectivity index (χ2v) is 6.24. The van der Waals surface area contributed by atoms with Crippen molar-refractivity contribution in [3.8, 4) is 0 Å². The standard InChI is InChI=1S/C15H28N2O2/c1-13(18)12-16-7-9-17(10-8-16)15(19)11-14-5-3-2-4-6-14/h13-14,18H,2-12H2,1H3. The largest absolute Gasteiger partial charge is 0.392 e. The molecule has 0 aromatic carbocycles. The van der Waals surface area contributed by atoms with Crippen LogP contribution in [0.3, 0.4) is 0 Å². The molecule has 4 heteroatoms. The van der Waals surface area contributed by atoms with Gasteiger partial charge in [0.05, 0.1) is 6.10 Å². The molecule has 2 aliphatic rings. The Hall–Kier alpha value is -0.610. The van der Waals surface area contributed by atoms with Gasteiger partial charge in [0.15, 0.2) is 0 Å². The van der Waals surface area contributed by atoms with Gasteiger partial charge in [-0.25, -0.2) is 0 Å². The lowest BCUT2D eigenvalue weighted by Crippen LogP contribution is -2.50. The molecule has 1 heterocycles. The first kappa shape index (κ1) is 14.8. The fourth-order valence-electron chi connectivity index (χ4n) is 3.32. The maximum absolute atomic E-state index is 12.3. The molecule has 0 aromatic heterocycles. The molecule has 2 rings (SSSR count). The number of hydrogen-bond donors (Lipinski definition) is 1. The zero-order valence-corrected chi connectivity index (χ0v) is 12.2. The van der Waals surface area contributed by atoms with Gasteiger partial charge in [0.1, 0.15) is 0 Å². The highest BCUT2D eigenvalue weighted by molar-refractivity contribution is 5.76. The Morgan fingerprint density at radius 1 is 1.16 bits per heavy atom. The molecular weight excluding hydrogens is 240 g/mol. The van der Waals surface area contributed by atoms with E-state index in [0.717, 1.165) is 39.1 Å². The summed E-state index contributed by atoms with van der Waals surface area (Å²) in [6.07, 6.45) is 6.94. The Labute approximate surface area is 116 Å². The molecular formula is C15H28N2O2. The SMILES string of the molecule is CC(O)CN1CCN(C(=O)CC2CCCCC2)CC1. The number of rotatable bonds is 4. The fourth-order valence-corrected chi connectivity index (χ4v) is 3.32. The van der Waals surface area contributed by atoms with E-state index in [1.54, 1.807) is 0 Å². The van der Waals surface area contributed by atoms with Crippen LogP contribution in [0.5, 0.6) is 0 Å². The molecule has 19 heavy (non-hydrogen) atoms. The second kappa shape index (κ2) is 7.25. The van der Waals surface area contributed by atoms with Crippen molar-refractivity contribution in [3.05, 3.63) is 0 Å². The Kier molecular flexibility index (Phi) is 5.64. The summed E-state index contributed by atoms with van der Waals surface area (Å²) in [7, 11) is 0. The van der Waals surface area contributed by atoms with Crippen LogP contribution < -0.4 is 0 Å². The average molecular weight is 268 g/mol. The number of β-amino-alcohol motifs (C(OH)–C–C–N with tert-alkyl or cyclic N) is 1. The van der Waals surface area contributed by atoms with Crippen molar-refractivity contribution in [1.29, 1.82) is 0 Å². The van der Waals surface area contributed by atoms with Crippen LogP contribution in [0.25, 0.3) is 0 Å². The van der Waals surface area contributed by atoms with Gasteiger partial charge in [0.25, 0.3) is 0 Å². The third kappa shape index (κ3) is 4.77. The average Bonchev–Trinajstić information content (AvgIpc) is 2.40. The van der Waals surface area contributed by atoms with Crippen LogP contribution in [-0.4, -0.2) is 59.6 Å². The lowest BCUT2D eigenvalue weighted by molar-refractivity contribution is -0.134.